The molecular formula is C19H21NO3. The molecule has 1 saturated carbocycles. The summed E-state index contributed by atoms with van der Waals surface area (Å²) < 4.78 is 5.30. The van der Waals surface area contributed by atoms with E-state index in [1.807, 2.05) is 12.1 Å². The van der Waals surface area contributed by atoms with E-state index in [-0.39, 0.29) is 17.8 Å². The summed E-state index contributed by atoms with van der Waals surface area (Å²) >= 11 is 0. The number of ether oxygens (including phenoxy) is 1. The van der Waals surface area contributed by atoms with E-state index in [2.05, 4.69) is 18.5 Å². The largest absolute Gasteiger partial charge is 0.465 e. The zero-order valence-electron chi connectivity index (χ0n) is 13.1. The van der Waals surface area contributed by atoms with Crippen molar-refractivity contribution in [3.05, 3.63) is 60.2 Å². The molecule has 2 fully saturated rings. The summed E-state index contributed by atoms with van der Waals surface area (Å²) in [4.78, 5) is 24.2. The van der Waals surface area contributed by atoms with Gasteiger partial charge in [0.1, 0.15) is 0 Å². The van der Waals surface area contributed by atoms with Gasteiger partial charge >= 0.3 is 5.97 Å². The molecule has 1 N–H and O–H groups in total. The average molecular weight is 311 g/mol. The number of rotatable bonds is 5. The number of amides is 1. The van der Waals surface area contributed by atoms with E-state index in [1.54, 1.807) is 18.2 Å². The van der Waals surface area contributed by atoms with Crippen molar-refractivity contribution in [3.63, 3.8) is 0 Å². The number of hydrogen-bond acceptors (Lipinski definition) is 3. The van der Waals surface area contributed by atoms with Crippen LogP contribution in [0.3, 0.4) is 0 Å². The zero-order valence-corrected chi connectivity index (χ0v) is 13.1. The molecule has 4 nitrogen and oxygen atoms in total. The van der Waals surface area contributed by atoms with Crippen LogP contribution in [0.5, 0.6) is 0 Å². The lowest BCUT2D eigenvalue weighted by Crippen LogP contribution is -2.31. The maximum Gasteiger partial charge on any atom is 0.313 e. The monoisotopic (exact) mass is 311 g/mol. The van der Waals surface area contributed by atoms with Crippen molar-refractivity contribution in [2.45, 2.75) is 19.3 Å². The summed E-state index contributed by atoms with van der Waals surface area (Å²) in [6.07, 6.45) is 3.86. The minimum absolute atomic E-state index is 0.103. The maximum absolute atomic E-state index is 12.3. The van der Waals surface area contributed by atoms with Crippen LogP contribution >= 0.6 is 0 Å². The Labute approximate surface area is 136 Å². The number of benzene rings is 1. The Hall–Kier alpha value is -2.36. The standard InChI is InChI=1S/C19H21NO3/c1-3-8-20-17(21)15-6-4-14(5-7-15)11-19-10-13(2)9-16(19)12-23-18(19)22/h3-7,16H,1-2,8-12H2,(H,20,21). The summed E-state index contributed by atoms with van der Waals surface area (Å²) in [5.74, 6) is 0.00836. The molecule has 1 aliphatic carbocycles. The second-order valence-corrected chi connectivity index (χ2v) is 6.45. The number of carbonyl (C=O) groups excluding carboxylic acids is 2. The first-order valence-electron chi connectivity index (χ1n) is 7.87. The van der Waals surface area contributed by atoms with Gasteiger partial charge in [-0.1, -0.05) is 30.4 Å². The Bertz CT molecular complexity index is 662. The molecular weight excluding hydrogens is 290 g/mol. The quantitative estimate of drug-likeness (QED) is 0.672. The minimum Gasteiger partial charge on any atom is -0.465 e. The smallest absolute Gasteiger partial charge is 0.313 e. The van der Waals surface area contributed by atoms with Gasteiger partial charge in [0, 0.05) is 18.0 Å². The van der Waals surface area contributed by atoms with Crippen LogP contribution in [0.4, 0.5) is 0 Å². The SMILES string of the molecule is C=CCNC(=O)c1ccc(CC23CC(=C)CC2COC3=O)cc1. The molecule has 1 amide bonds. The van der Waals surface area contributed by atoms with Crippen molar-refractivity contribution >= 4 is 11.9 Å². The van der Waals surface area contributed by atoms with E-state index in [9.17, 15) is 9.59 Å². The molecule has 0 bridgehead atoms. The van der Waals surface area contributed by atoms with Gasteiger partial charge in [-0.2, -0.15) is 0 Å². The van der Waals surface area contributed by atoms with E-state index in [4.69, 9.17) is 4.74 Å². The summed E-state index contributed by atoms with van der Waals surface area (Å²) in [5.41, 5.74) is 2.33. The molecule has 1 aliphatic heterocycles. The first kappa shape index (κ1) is 15.5. The van der Waals surface area contributed by atoms with Crippen molar-refractivity contribution in [1.82, 2.24) is 5.32 Å². The molecule has 1 heterocycles. The van der Waals surface area contributed by atoms with Gasteiger partial charge in [0.2, 0.25) is 0 Å². The minimum atomic E-state index is -0.455. The van der Waals surface area contributed by atoms with Crippen LogP contribution < -0.4 is 5.32 Å². The average Bonchev–Trinajstić information content (AvgIpc) is 3.01. The normalized spacial score (nSPS) is 25.8. The van der Waals surface area contributed by atoms with E-state index >= 15 is 0 Å². The van der Waals surface area contributed by atoms with Gasteiger partial charge in [-0.05, 0) is 37.0 Å². The van der Waals surface area contributed by atoms with Crippen molar-refractivity contribution in [3.8, 4) is 0 Å². The molecule has 0 aromatic heterocycles. The predicted molar refractivity (Wildman–Crippen MR) is 87.9 cm³/mol. The second kappa shape index (κ2) is 6.03. The topological polar surface area (TPSA) is 55.4 Å². The Kier molecular flexibility index (Phi) is 4.07. The highest BCUT2D eigenvalue weighted by Crippen LogP contribution is 2.52. The van der Waals surface area contributed by atoms with Crippen molar-refractivity contribution < 1.29 is 14.3 Å². The lowest BCUT2D eigenvalue weighted by Gasteiger charge is -2.24. The third-order valence-corrected chi connectivity index (χ3v) is 4.85. The summed E-state index contributed by atoms with van der Waals surface area (Å²) in [5, 5.41) is 2.75. The Morgan fingerprint density at radius 3 is 2.83 bits per heavy atom. The highest BCUT2D eigenvalue weighted by molar-refractivity contribution is 5.94. The molecule has 2 aliphatic rings. The molecule has 0 spiro atoms. The first-order chi connectivity index (χ1) is 11.0. The van der Waals surface area contributed by atoms with Gasteiger partial charge in [-0.15, -0.1) is 6.58 Å². The van der Waals surface area contributed by atoms with E-state index < -0.39 is 5.41 Å². The van der Waals surface area contributed by atoms with Crippen LogP contribution in [0.15, 0.2) is 49.1 Å². The third kappa shape index (κ3) is 2.81. The van der Waals surface area contributed by atoms with Crippen LogP contribution in [-0.2, 0) is 16.0 Å². The van der Waals surface area contributed by atoms with Crippen LogP contribution in [-0.4, -0.2) is 25.0 Å². The molecule has 120 valence electrons. The molecule has 4 heteroatoms. The second-order valence-electron chi connectivity index (χ2n) is 6.45. The van der Waals surface area contributed by atoms with E-state index in [1.165, 1.54) is 0 Å². The van der Waals surface area contributed by atoms with Gasteiger partial charge in [0.05, 0.1) is 12.0 Å². The number of fused-ring (bicyclic) bond motifs is 1. The molecule has 2 atom stereocenters. The van der Waals surface area contributed by atoms with Gasteiger partial charge in [-0.3, -0.25) is 9.59 Å². The molecule has 0 radical (unpaired) electrons. The number of nitrogens with one attached hydrogen (secondary N) is 1. The maximum atomic E-state index is 12.3. The summed E-state index contributed by atoms with van der Waals surface area (Å²) in [7, 11) is 0. The van der Waals surface area contributed by atoms with Crippen LogP contribution in [0.1, 0.15) is 28.8 Å². The molecule has 1 saturated heterocycles. The lowest BCUT2D eigenvalue weighted by atomic mass is 9.75. The Morgan fingerprint density at radius 2 is 2.13 bits per heavy atom. The van der Waals surface area contributed by atoms with Crippen molar-refractivity contribution in [2.24, 2.45) is 11.3 Å². The van der Waals surface area contributed by atoms with Crippen molar-refractivity contribution in [2.75, 3.05) is 13.2 Å². The van der Waals surface area contributed by atoms with Gasteiger partial charge in [0.15, 0.2) is 0 Å². The fraction of sp³-hybridized carbons (Fsp3) is 0.368. The van der Waals surface area contributed by atoms with Gasteiger partial charge in [-0.25, -0.2) is 0 Å². The number of carbonyl (C=O) groups is 2. The Morgan fingerprint density at radius 1 is 1.39 bits per heavy atom. The fourth-order valence-corrected chi connectivity index (χ4v) is 3.67. The fourth-order valence-electron chi connectivity index (χ4n) is 3.67. The highest BCUT2D eigenvalue weighted by atomic mass is 16.5. The van der Waals surface area contributed by atoms with Crippen LogP contribution in [0.2, 0.25) is 0 Å². The van der Waals surface area contributed by atoms with Crippen LogP contribution in [0.25, 0.3) is 0 Å². The zero-order chi connectivity index (χ0) is 16.4. The first-order valence-corrected chi connectivity index (χ1v) is 7.87. The summed E-state index contributed by atoms with van der Waals surface area (Å²) in [6, 6.07) is 7.43. The van der Waals surface area contributed by atoms with Gasteiger partial charge in [0.25, 0.3) is 5.91 Å². The van der Waals surface area contributed by atoms with E-state index in [0.717, 1.165) is 17.6 Å². The lowest BCUT2D eigenvalue weighted by molar-refractivity contribution is -0.146. The molecule has 1 aromatic carbocycles. The van der Waals surface area contributed by atoms with Crippen LogP contribution in [0, 0.1) is 11.3 Å². The molecule has 3 rings (SSSR count). The highest BCUT2D eigenvalue weighted by Gasteiger charge is 2.55. The number of cyclic esters (lactones) is 1. The Balaban J connectivity index is 1.75. The predicted octanol–water partition coefficient (Wildman–Crippen LogP) is 2.65. The molecule has 1 aromatic rings. The molecule has 23 heavy (non-hydrogen) atoms. The molecule has 2 unspecified atom stereocenters. The van der Waals surface area contributed by atoms with Gasteiger partial charge < -0.3 is 10.1 Å². The van der Waals surface area contributed by atoms with E-state index in [0.29, 0.717) is 31.6 Å². The number of esters is 1. The third-order valence-electron chi connectivity index (χ3n) is 4.85. The van der Waals surface area contributed by atoms with Crippen molar-refractivity contribution in [1.29, 1.82) is 0 Å². The number of allylic oxidation sites excluding steroid dienone is 1. The summed E-state index contributed by atoms with van der Waals surface area (Å²) in [6.45, 7) is 8.57. The number of hydrogen-bond donors (Lipinski definition) is 1.